The quantitative estimate of drug-likeness (QED) is 0.665. The van der Waals surface area contributed by atoms with Gasteiger partial charge in [-0.25, -0.2) is 4.99 Å². The van der Waals surface area contributed by atoms with Gasteiger partial charge in [0.2, 0.25) is 0 Å². The number of morpholine rings is 1. The van der Waals surface area contributed by atoms with Crippen molar-refractivity contribution >= 4 is 23.7 Å². The average Bonchev–Trinajstić information content (AvgIpc) is 2.96. The molecule has 0 unspecified atom stereocenters. The Morgan fingerprint density at radius 1 is 1.32 bits per heavy atom. The number of nitrogens with zero attached hydrogens (tertiary/aromatic N) is 4. The molecule has 0 bridgehead atoms. The molecule has 3 rings (SSSR count). The predicted octanol–water partition coefficient (Wildman–Crippen LogP) is 2.02. The molecule has 112 valence electrons. The maximum atomic E-state index is 9.35. The van der Waals surface area contributed by atoms with Gasteiger partial charge in [-0.05, 0) is 12.1 Å². The number of hydrogen-bond donors (Lipinski definition) is 2. The number of H-pyrrole nitrogens is 1. The van der Waals surface area contributed by atoms with Gasteiger partial charge in [0.15, 0.2) is 5.82 Å². The lowest BCUT2D eigenvalue weighted by Gasteiger charge is -2.23. The molecular weight excluding hydrogens is 280 g/mol. The second-order valence-electron chi connectivity index (χ2n) is 4.79. The third kappa shape index (κ3) is 3.24. The first-order valence-electron chi connectivity index (χ1n) is 7.03. The number of aromatic amines is 1. The number of rotatable bonds is 4. The highest BCUT2D eigenvalue weighted by molar-refractivity contribution is 5.71. The smallest absolute Gasteiger partial charge is 0.195 e. The van der Waals surface area contributed by atoms with E-state index in [0.29, 0.717) is 30.4 Å². The lowest BCUT2D eigenvalue weighted by Crippen LogP contribution is -2.35. The Labute approximate surface area is 128 Å². The van der Waals surface area contributed by atoms with Gasteiger partial charge >= 0.3 is 0 Å². The lowest BCUT2D eigenvalue weighted by molar-refractivity contribution is 0.0701. The van der Waals surface area contributed by atoms with Crippen LogP contribution in [0.25, 0.3) is 0 Å². The Morgan fingerprint density at radius 3 is 2.82 bits per heavy atom. The van der Waals surface area contributed by atoms with Gasteiger partial charge < -0.3 is 15.0 Å². The Kier molecular flexibility index (Phi) is 4.32. The molecule has 0 aliphatic carbocycles. The van der Waals surface area contributed by atoms with Gasteiger partial charge in [-0.1, -0.05) is 18.2 Å². The first-order valence-corrected chi connectivity index (χ1v) is 7.03. The number of ether oxygens (including phenoxy) is 1. The van der Waals surface area contributed by atoms with Crippen molar-refractivity contribution < 1.29 is 4.74 Å². The highest BCUT2D eigenvalue weighted by Gasteiger charge is 2.13. The summed E-state index contributed by atoms with van der Waals surface area (Å²) in [6.07, 6.45) is 1.71. The summed E-state index contributed by atoms with van der Waals surface area (Å²) in [7, 11) is 0. The van der Waals surface area contributed by atoms with Crippen LogP contribution in [0.5, 0.6) is 0 Å². The lowest BCUT2D eigenvalue weighted by atomic mass is 10.3. The molecule has 1 aliphatic heterocycles. The van der Waals surface area contributed by atoms with E-state index in [-0.39, 0.29) is 0 Å². The van der Waals surface area contributed by atoms with Crippen LogP contribution < -0.4 is 5.32 Å². The van der Waals surface area contributed by atoms with Gasteiger partial charge in [0.1, 0.15) is 17.5 Å². The largest absolute Gasteiger partial charge is 0.378 e. The Hall–Kier alpha value is -2.85. The first kappa shape index (κ1) is 14.1. The fraction of sp³-hybridized carbons (Fsp3) is 0.267. The number of benzene rings is 1. The fourth-order valence-corrected chi connectivity index (χ4v) is 2.12. The van der Waals surface area contributed by atoms with E-state index in [4.69, 9.17) is 4.74 Å². The molecule has 0 saturated carbocycles. The topological polar surface area (TPSA) is 89.3 Å². The number of aromatic nitrogens is 2. The Balaban J connectivity index is 1.75. The van der Waals surface area contributed by atoms with E-state index in [1.807, 2.05) is 35.2 Å². The van der Waals surface area contributed by atoms with E-state index in [1.165, 1.54) is 0 Å². The van der Waals surface area contributed by atoms with Gasteiger partial charge in [-0.15, -0.1) is 0 Å². The number of hydrogen-bond acceptors (Lipinski definition) is 5. The SMILES string of the molecule is N#Cc1c(N=CN2CCOCC2)n[nH]c1Nc1ccccc1. The zero-order valence-electron chi connectivity index (χ0n) is 12.0. The fourth-order valence-electron chi connectivity index (χ4n) is 2.12. The van der Waals surface area contributed by atoms with E-state index >= 15 is 0 Å². The van der Waals surface area contributed by atoms with Gasteiger partial charge in [-0.3, -0.25) is 5.10 Å². The predicted molar refractivity (Wildman–Crippen MR) is 83.6 cm³/mol. The van der Waals surface area contributed by atoms with Crippen molar-refractivity contribution in [2.75, 3.05) is 31.6 Å². The van der Waals surface area contributed by atoms with Crippen LogP contribution in [-0.4, -0.2) is 47.7 Å². The second-order valence-corrected chi connectivity index (χ2v) is 4.79. The summed E-state index contributed by atoms with van der Waals surface area (Å²) >= 11 is 0. The van der Waals surface area contributed by atoms with Crippen LogP contribution in [0.2, 0.25) is 0 Å². The van der Waals surface area contributed by atoms with E-state index in [2.05, 4.69) is 26.6 Å². The van der Waals surface area contributed by atoms with Gasteiger partial charge in [0.25, 0.3) is 0 Å². The van der Waals surface area contributed by atoms with Crippen LogP contribution in [0.1, 0.15) is 5.56 Å². The van der Waals surface area contributed by atoms with Crippen LogP contribution in [0, 0.1) is 11.3 Å². The summed E-state index contributed by atoms with van der Waals surface area (Å²) in [6.45, 7) is 2.98. The summed E-state index contributed by atoms with van der Waals surface area (Å²) in [5.41, 5.74) is 1.28. The summed E-state index contributed by atoms with van der Waals surface area (Å²) < 4.78 is 5.28. The third-order valence-corrected chi connectivity index (χ3v) is 3.29. The summed E-state index contributed by atoms with van der Waals surface area (Å²) in [6, 6.07) is 11.7. The maximum Gasteiger partial charge on any atom is 0.195 e. The van der Waals surface area contributed by atoms with Crippen molar-refractivity contribution in [2.45, 2.75) is 0 Å². The van der Waals surface area contributed by atoms with E-state index in [1.54, 1.807) is 6.34 Å². The number of nitriles is 1. The Bertz CT molecular complexity index is 682. The van der Waals surface area contributed by atoms with Gasteiger partial charge in [-0.2, -0.15) is 10.4 Å². The minimum atomic E-state index is 0.382. The zero-order chi connectivity index (χ0) is 15.2. The molecule has 0 spiro atoms. The van der Waals surface area contributed by atoms with Crippen LogP contribution >= 0.6 is 0 Å². The normalized spacial score (nSPS) is 15.0. The van der Waals surface area contributed by atoms with Crippen molar-refractivity contribution in [3.8, 4) is 6.07 Å². The van der Waals surface area contributed by atoms with Crippen molar-refractivity contribution in [1.29, 1.82) is 5.26 Å². The standard InChI is InChI=1S/C15H16N6O/c16-10-13-14(17-11-21-6-8-22-9-7-21)19-20-15(13)18-12-4-2-1-3-5-12/h1-5,11H,6-9H2,(H2,18,19,20). The average molecular weight is 296 g/mol. The Morgan fingerprint density at radius 2 is 2.09 bits per heavy atom. The number of aliphatic imine (C=N–C) groups is 1. The molecule has 1 fully saturated rings. The van der Waals surface area contributed by atoms with Crippen molar-refractivity contribution in [3.63, 3.8) is 0 Å². The molecule has 0 amide bonds. The molecule has 1 aromatic heterocycles. The van der Waals surface area contributed by atoms with Gasteiger partial charge in [0, 0.05) is 18.8 Å². The minimum Gasteiger partial charge on any atom is -0.378 e. The summed E-state index contributed by atoms with van der Waals surface area (Å²) in [5, 5.41) is 19.4. The minimum absolute atomic E-state index is 0.382. The van der Waals surface area contributed by atoms with Crippen molar-refractivity contribution in [3.05, 3.63) is 35.9 Å². The molecule has 0 radical (unpaired) electrons. The molecule has 0 atom stereocenters. The molecule has 2 heterocycles. The van der Waals surface area contributed by atoms with E-state index in [9.17, 15) is 5.26 Å². The highest BCUT2D eigenvalue weighted by Crippen LogP contribution is 2.25. The van der Waals surface area contributed by atoms with Crippen LogP contribution in [0.3, 0.4) is 0 Å². The summed E-state index contributed by atoms with van der Waals surface area (Å²) in [4.78, 5) is 6.35. The number of para-hydroxylation sites is 1. The second kappa shape index (κ2) is 6.74. The summed E-state index contributed by atoms with van der Waals surface area (Å²) in [5.74, 6) is 0.926. The molecule has 7 nitrogen and oxygen atoms in total. The molecule has 22 heavy (non-hydrogen) atoms. The molecule has 2 aromatic rings. The van der Waals surface area contributed by atoms with Crippen LogP contribution in [0.4, 0.5) is 17.3 Å². The number of nitrogens with one attached hydrogen (secondary N) is 2. The first-order chi connectivity index (χ1) is 10.9. The highest BCUT2D eigenvalue weighted by atomic mass is 16.5. The third-order valence-electron chi connectivity index (χ3n) is 3.29. The molecule has 7 heteroatoms. The van der Waals surface area contributed by atoms with E-state index < -0.39 is 0 Å². The van der Waals surface area contributed by atoms with Crippen LogP contribution in [-0.2, 0) is 4.74 Å². The monoisotopic (exact) mass is 296 g/mol. The maximum absolute atomic E-state index is 9.35. The molecule has 1 aliphatic rings. The van der Waals surface area contributed by atoms with Crippen LogP contribution in [0.15, 0.2) is 35.3 Å². The number of anilines is 2. The van der Waals surface area contributed by atoms with Gasteiger partial charge in [0.05, 0.1) is 19.6 Å². The van der Waals surface area contributed by atoms with E-state index in [0.717, 1.165) is 18.8 Å². The zero-order valence-corrected chi connectivity index (χ0v) is 12.0. The molecule has 1 aromatic carbocycles. The molecular formula is C15H16N6O. The van der Waals surface area contributed by atoms with Crippen molar-refractivity contribution in [2.24, 2.45) is 4.99 Å². The molecule has 2 N–H and O–H groups in total. The van der Waals surface area contributed by atoms with Crippen molar-refractivity contribution in [1.82, 2.24) is 15.1 Å². The molecule has 1 saturated heterocycles.